The van der Waals surface area contributed by atoms with Gasteiger partial charge in [0, 0.05) is 24.5 Å². The molecule has 14 heavy (non-hydrogen) atoms. The number of ketones is 1. The first kappa shape index (κ1) is 10.7. The molecule has 0 aromatic carbocycles. The van der Waals surface area contributed by atoms with Gasteiger partial charge in [0.05, 0.1) is 5.56 Å². The SMILES string of the molecule is CC(C)(C)CC(=O)c1cnccc1N. The fourth-order valence-corrected chi connectivity index (χ4v) is 1.22. The van der Waals surface area contributed by atoms with Crippen LogP contribution in [0.1, 0.15) is 37.6 Å². The van der Waals surface area contributed by atoms with Crippen LogP contribution in [0.25, 0.3) is 0 Å². The third-order valence-corrected chi connectivity index (χ3v) is 1.85. The fourth-order valence-electron chi connectivity index (χ4n) is 1.22. The van der Waals surface area contributed by atoms with Crippen molar-refractivity contribution in [2.45, 2.75) is 27.2 Å². The normalized spacial score (nSPS) is 11.4. The number of nitrogens with two attached hydrogens (primary N) is 1. The van der Waals surface area contributed by atoms with Crippen LogP contribution in [0, 0.1) is 5.41 Å². The molecule has 76 valence electrons. The number of anilines is 1. The smallest absolute Gasteiger partial charge is 0.167 e. The number of pyridine rings is 1. The summed E-state index contributed by atoms with van der Waals surface area (Å²) in [6.45, 7) is 6.08. The van der Waals surface area contributed by atoms with Gasteiger partial charge in [0.25, 0.3) is 0 Å². The van der Waals surface area contributed by atoms with E-state index >= 15 is 0 Å². The van der Waals surface area contributed by atoms with Crippen LogP contribution in [0.2, 0.25) is 0 Å². The van der Waals surface area contributed by atoms with Gasteiger partial charge in [-0.3, -0.25) is 9.78 Å². The zero-order valence-electron chi connectivity index (χ0n) is 8.87. The van der Waals surface area contributed by atoms with E-state index in [1.165, 1.54) is 6.20 Å². The lowest BCUT2D eigenvalue weighted by Gasteiger charge is -2.17. The number of carbonyl (C=O) groups is 1. The summed E-state index contributed by atoms with van der Waals surface area (Å²) in [5.41, 5.74) is 6.70. The number of hydrogen-bond donors (Lipinski definition) is 1. The van der Waals surface area contributed by atoms with Gasteiger partial charge in [-0.2, -0.15) is 0 Å². The van der Waals surface area contributed by atoms with Gasteiger partial charge < -0.3 is 5.73 Å². The van der Waals surface area contributed by atoms with E-state index in [2.05, 4.69) is 4.98 Å². The molecule has 3 heteroatoms. The molecular weight excluding hydrogens is 176 g/mol. The molecule has 0 spiro atoms. The summed E-state index contributed by atoms with van der Waals surface area (Å²) in [5, 5.41) is 0. The summed E-state index contributed by atoms with van der Waals surface area (Å²) >= 11 is 0. The molecule has 2 N–H and O–H groups in total. The standard InChI is InChI=1S/C11H16N2O/c1-11(2,3)6-10(14)8-7-13-5-4-9(8)12/h4-5,7H,6H2,1-3H3,(H2,12,13). The van der Waals surface area contributed by atoms with Gasteiger partial charge in [0.15, 0.2) is 5.78 Å². The average molecular weight is 192 g/mol. The average Bonchev–Trinajstić information content (AvgIpc) is 2.01. The highest BCUT2D eigenvalue weighted by atomic mass is 16.1. The van der Waals surface area contributed by atoms with Gasteiger partial charge in [0.2, 0.25) is 0 Å². The summed E-state index contributed by atoms with van der Waals surface area (Å²) in [7, 11) is 0. The van der Waals surface area contributed by atoms with Gasteiger partial charge in [-0.25, -0.2) is 0 Å². The first-order chi connectivity index (χ1) is 6.40. The molecular formula is C11H16N2O. The number of Topliss-reactive ketones (excluding diaryl/α,β-unsaturated/α-hetero) is 1. The Hall–Kier alpha value is -1.38. The van der Waals surface area contributed by atoms with E-state index in [4.69, 9.17) is 5.73 Å². The molecule has 0 bridgehead atoms. The first-order valence-corrected chi connectivity index (χ1v) is 4.63. The molecule has 1 aromatic heterocycles. The van der Waals surface area contributed by atoms with Crippen molar-refractivity contribution < 1.29 is 4.79 Å². The van der Waals surface area contributed by atoms with Gasteiger partial charge >= 0.3 is 0 Å². The zero-order valence-corrected chi connectivity index (χ0v) is 8.87. The van der Waals surface area contributed by atoms with Crippen molar-refractivity contribution in [3.8, 4) is 0 Å². The van der Waals surface area contributed by atoms with Crippen LogP contribution in [0.15, 0.2) is 18.5 Å². The Morgan fingerprint density at radius 3 is 2.64 bits per heavy atom. The van der Waals surface area contributed by atoms with E-state index in [0.29, 0.717) is 17.7 Å². The van der Waals surface area contributed by atoms with Crippen LogP contribution in [0.4, 0.5) is 5.69 Å². The molecule has 3 nitrogen and oxygen atoms in total. The molecule has 0 aliphatic carbocycles. The molecule has 0 amide bonds. The van der Waals surface area contributed by atoms with Crippen molar-refractivity contribution >= 4 is 11.5 Å². The maximum absolute atomic E-state index is 11.8. The maximum Gasteiger partial charge on any atom is 0.167 e. The molecule has 0 unspecified atom stereocenters. The van der Waals surface area contributed by atoms with E-state index in [1.54, 1.807) is 12.3 Å². The molecule has 0 saturated heterocycles. The minimum Gasteiger partial charge on any atom is -0.398 e. The highest BCUT2D eigenvalue weighted by molar-refractivity contribution is 6.00. The monoisotopic (exact) mass is 192 g/mol. The Bertz CT molecular complexity index is 339. The highest BCUT2D eigenvalue weighted by Crippen LogP contribution is 2.23. The maximum atomic E-state index is 11.8. The molecule has 0 aliphatic heterocycles. The Kier molecular flexibility index (Phi) is 2.89. The van der Waals surface area contributed by atoms with Crippen molar-refractivity contribution in [1.29, 1.82) is 0 Å². The molecule has 1 aromatic rings. The van der Waals surface area contributed by atoms with Crippen molar-refractivity contribution in [3.63, 3.8) is 0 Å². The third kappa shape index (κ3) is 2.83. The molecule has 0 atom stereocenters. The molecule has 1 heterocycles. The predicted octanol–water partition coefficient (Wildman–Crippen LogP) is 2.28. The second-order valence-electron chi connectivity index (χ2n) is 4.62. The molecule has 0 saturated carbocycles. The highest BCUT2D eigenvalue weighted by Gasteiger charge is 2.18. The summed E-state index contributed by atoms with van der Waals surface area (Å²) in [5.74, 6) is 0.0584. The topological polar surface area (TPSA) is 56.0 Å². The number of aromatic nitrogens is 1. The lowest BCUT2D eigenvalue weighted by molar-refractivity contribution is 0.0940. The zero-order chi connectivity index (χ0) is 10.8. The summed E-state index contributed by atoms with van der Waals surface area (Å²) in [6, 6.07) is 1.65. The Morgan fingerprint density at radius 1 is 1.50 bits per heavy atom. The van der Waals surface area contributed by atoms with Crippen LogP contribution >= 0.6 is 0 Å². The van der Waals surface area contributed by atoms with Crippen molar-refractivity contribution in [3.05, 3.63) is 24.0 Å². The second-order valence-corrected chi connectivity index (χ2v) is 4.62. The number of rotatable bonds is 2. The fraction of sp³-hybridized carbons (Fsp3) is 0.455. The lowest BCUT2D eigenvalue weighted by atomic mass is 9.88. The largest absolute Gasteiger partial charge is 0.398 e. The molecule has 0 radical (unpaired) electrons. The predicted molar refractivity (Wildman–Crippen MR) is 57.1 cm³/mol. The Balaban J connectivity index is 2.86. The molecule has 1 rings (SSSR count). The van der Waals surface area contributed by atoms with E-state index in [-0.39, 0.29) is 11.2 Å². The lowest BCUT2D eigenvalue weighted by Crippen LogP contribution is -2.14. The second kappa shape index (κ2) is 3.78. The first-order valence-electron chi connectivity index (χ1n) is 4.63. The minimum absolute atomic E-state index is 0.0145. The van der Waals surface area contributed by atoms with E-state index in [9.17, 15) is 4.79 Å². The van der Waals surface area contributed by atoms with Gasteiger partial charge in [-0.1, -0.05) is 20.8 Å². The Labute approximate surface area is 84.3 Å². The van der Waals surface area contributed by atoms with E-state index in [1.807, 2.05) is 20.8 Å². The van der Waals surface area contributed by atoms with Gasteiger partial charge in [0.1, 0.15) is 0 Å². The van der Waals surface area contributed by atoms with Gasteiger partial charge in [-0.15, -0.1) is 0 Å². The van der Waals surface area contributed by atoms with Crippen LogP contribution in [0.3, 0.4) is 0 Å². The molecule has 0 fully saturated rings. The van der Waals surface area contributed by atoms with Crippen molar-refractivity contribution in [2.75, 3.05) is 5.73 Å². The summed E-state index contributed by atoms with van der Waals surface area (Å²) < 4.78 is 0. The van der Waals surface area contributed by atoms with Crippen LogP contribution in [-0.4, -0.2) is 10.8 Å². The van der Waals surface area contributed by atoms with Crippen molar-refractivity contribution in [2.24, 2.45) is 5.41 Å². The van der Waals surface area contributed by atoms with Crippen LogP contribution in [-0.2, 0) is 0 Å². The van der Waals surface area contributed by atoms with Crippen LogP contribution < -0.4 is 5.73 Å². The Morgan fingerprint density at radius 2 is 2.14 bits per heavy atom. The minimum atomic E-state index is -0.0145. The number of hydrogen-bond acceptors (Lipinski definition) is 3. The molecule has 0 aliphatic rings. The quantitative estimate of drug-likeness (QED) is 0.731. The van der Waals surface area contributed by atoms with E-state index < -0.39 is 0 Å². The third-order valence-electron chi connectivity index (χ3n) is 1.85. The number of nitrogen functional groups attached to an aromatic ring is 1. The number of carbonyl (C=O) groups excluding carboxylic acids is 1. The van der Waals surface area contributed by atoms with Crippen molar-refractivity contribution in [1.82, 2.24) is 4.98 Å². The summed E-state index contributed by atoms with van der Waals surface area (Å²) in [6.07, 6.45) is 3.61. The van der Waals surface area contributed by atoms with Gasteiger partial charge in [-0.05, 0) is 11.5 Å². The summed E-state index contributed by atoms with van der Waals surface area (Å²) in [4.78, 5) is 15.7. The number of nitrogens with zero attached hydrogens (tertiary/aromatic N) is 1. The van der Waals surface area contributed by atoms with E-state index in [0.717, 1.165) is 0 Å². The van der Waals surface area contributed by atoms with Crippen LogP contribution in [0.5, 0.6) is 0 Å².